The number of carbonyl (C=O) groups is 1. The molecule has 3 aromatic rings. The Hall–Kier alpha value is -3.11. The second-order valence-corrected chi connectivity index (χ2v) is 9.93. The molecule has 1 N–H and O–H groups in total. The third-order valence-electron chi connectivity index (χ3n) is 5.73. The van der Waals surface area contributed by atoms with Gasteiger partial charge in [-0.05, 0) is 63.1 Å². The SMILES string of the molecule is Cc1ccc(S(=O)(=O)N[C@@H](C)C(=O)N2CCC(c3nc(-c4ccc(F)cc4)no3)CC2)cc1. The zero-order chi connectivity index (χ0) is 23.6. The first-order valence-corrected chi connectivity index (χ1v) is 12.2. The second kappa shape index (κ2) is 9.40. The maximum absolute atomic E-state index is 13.1. The van der Waals surface area contributed by atoms with Crippen LogP contribution < -0.4 is 4.72 Å². The van der Waals surface area contributed by atoms with Gasteiger partial charge in [0.05, 0.1) is 10.9 Å². The fourth-order valence-electron chi connectivity index (χ4n) is 3.81. The van der Waals surface area contributed by atoms with Gasteiger partial charge in [-0.1, -0.05) is 22.9 Å². The van der Waals surface area contributed by atoms with Gasteiger partial charge in [-0.2, -0.15) is 9.71 Å². The summed E-state index contributed by atoms with van der Waals surface area (Å²) in [6.07, 6.45) is 1.24. The van der Waals surface area contributed by atoms with Crippen LogP contribution in [0.5, 0.6) is 0 Å². The highest BCUT2D eigenvalue weighted by molar-refractivity contribution is 7.89. The number of sulfonamides is 1. The van der Waals surface area contributed by atoms with Gasteiger partial charge in [0.1, 0.15) is 5.82 Å². The standard InChI is InChI=1S/C23H25FN4O4S/c1-15-3-9-20(10-4-15)33(30,31)27-16(2)23(29)28-13-11-18(12-14-28)22-25-21(26-32-22)17-5-7-19(24)8-6-17/h3-10,16,18,27H,11-14H2,1-2H3/t16-/m0/s1. The summed E-state index contributed by atoms with van der Waals surface area (Å²) in [6, 6.07) is 11.4. The molecule has 1 aliphatic rings. The summed E-state index contributed by atoms with van der Waals surface area (Å²) in [6.45, 7) is 4.33. The quantitative estimate of drug-likeness (QED) is 0.590. The zero-order valence-electron chi connectivity index (χ0n) is 18.4. The molecular weight excluding hydrogens is 447 g/mol. The van der Waals surface area contributed by atoms with E-state index in [-0.39, 0.29) is 22.5 Å². The molecule has 0 radical (unpaired) electrons. The van der Waals surface area contributed by atoms with Gasteiger partial charge in [0.2, 0.25) is 27.6 Å². The number of aromatic nitrogens is 2. The largest absolute Gasteiger partial charge is 0.341 e. The highest BCUT2D eigenvalue weighted by Gasteiger charge is 2.31. The second-order valence-electron chi connectivity index (χ2n) is 8.22. The summed E-state index contributed by atoms with van der Waals surface area (Å²) in [7, 11) is -3.79. The minimum atomic E-state index is -3.79. The molecule has 0 unspecified atom stereocenters. The molecule has 10 heteroatoms. The Balaban J connectivity index is 1.34. The number of piperidine rings is 1. The van der Waals surface area contributed by atoms with E-state index in [9.17, 15) is 17.6 Å². The first-order valence-electron chi connectivity index (χ1n) is 10.7. The Morgan fingerprint density at radius 2 is 1.76 bits per heavy atom. The summed E-state index contributed by atoms with van der Waals surface area (Å²) in [5, 5.41) is 3.98. The Morgan fingerprint density at radius 3 is 2.39 bits per heavy atom. The molecule has 0 aliphatic carbocycles. The average molecular weight is 473 g/mol. The van der Waals surface area contributed by atoms with Crippen molar-refractivity contribution in [3.8, 4) is 11.4 Å². The number of aryl methyl sites for hydroxylation is 1. The number of nitrogens with one attached hydrogen (secondary N) is 1. The molecule has 174 valence electrons. The minimum Gasteiger partial charge on any atom is -0.341 e. The number of hydrogen-bond acceptors (Lipinski definition) is 6. The number of rotatable bonds is 6. The van der Waals surface area contributed by atoms with Crippen LogP contribution in [0.2, 0.25) is 0 Å². The van der Waals surface area contributed by atoms with E-state index in [2.05, 4.69) is 14.9 Å². The lowest BCUT2D eigenvalue weighted by Crippen LogP contribution is -2.49. The van der Waals surface area contributed by atoms with E-state index in [1.807, 2.05) is 6.92 Å². The molecule has 1 fully saturated rings. The van der Waals surface area contributed by atoms with Crippen LogP contribution in [0, 0.1) is 12.7 Å². The van der Waals surface area contributed by atoms with Crippen LogP contribution in [-0.4, -0.2) is 48.5 Å². The van der Waals surface area contributed by atoms with E-state index in [0.29, 0.717) is 43.2 Å². The Morgan fingerprint density at radius 1 is 1.12 bits per heavy atom. The molecule has 2 heterocycles. The molecule has 1 saturated heterocycles. The van der Waals surface area contributed by atoms with Gasteiger partial charge in [0.25, 0.3) is 0 Å². The van der Waals surface area contributed by atoms with Gasteiger partial charge in [0.15, 0.2) is 0 Å². The molecule has 1 atom stereocenters. The van der Waals surface area contributed by atoms with Crippen molar-refractivity contribution in [2.45, 2.75) is 43.5 Å². The molecule has 0 spiro atoms. The molecule has 4 rings (SSSR count). The number of carbonyl (C=O) groups excluding carboxylic acids is 1. The van der Waals surface area contributed by atoms with Crippen molar-refractivity contribution < 1.29 is 22.1 Å². The molecule has 2 aromatic carbocycles. The van der Waals surface area contributed by atoms with E-state index in [4.69, 9.17) is 4.52 Å². The molecule has 1 amide bonds. The predicted octanol–water partition coefficient (Wildman–Crippen LogP) is 3.26. The lowest BCUT2D eigenvalue weighted by molar-refractivity contribution is -0.133. The van der Waals surface area contributed by atoms with Crippen LogP contribution in [0.4, 0.5) is 4.39 Å². The van der Waals surface area contributed by atoms with Crippen LogP contribution >= 0.6 is 0 Å². The molecular formula is C23H25FN4O4S. The van der Waals surface area contributed by atoms with Crippen molar-refractivity contribution in [1.29, 1.82) is 0 Å². The summed E-state index contributed by atoms with van der Waals surface area (Å²) in [5.41, 5.74) is 1.61. The first kappa shape index (κ1) is 23.1. The average Bonchev–Trinajstić information content (AvgIpc) is 3.29. The van der Waals surface area contributed by atoms with E-state index in [1.54, 1.807) is 36.1 Å². The van der Waals surface area contributed by atoms with Crippen molar-refractivity contribution >= 4 is 15.9 Å². The summed E-state index contributed by atoms with van der Waals surface area (Å²) >= 11 is 0. The van der Waals surface area contributed by atoms with Crippen LogP contribution in [0.25, 0.3) is 11.4 Å². The Bertz CT molecular complexity index is 1220. The van der Waals surface area contributed by atoms with Gasteiger partial charge in [0, 0.05) is 24.6 Å². The lowest BCUT2D eigenvalue weighted by atomic mass is 9.96. The van der Waals surface area contributed by atoms with E-state index < -0.39 is 16.1 Å². The first-order chi connectivity index (χ1) is 15.7. The fraction of sp³-hybridized carbons (Fsp3) is 0.348. The van der Waals surface area contributed by atoms with Crippen molar-refractivity contribution in [2.24, 2.45) is 0 Å². The smallest absolute Gasteiger partial charge is 0.241 e. The van der Waals surface area contributed by atoms with Crippen LogP contribution in [0.3, 0.4) is 0 Å². The van der Waals surface area contributed by atoms with Gasteiger partial charge < -0.3 is 9.42 Å². The summed E-state index contributed by atoms with van der Waals surface area (Å²) < 4.78 is 46.2. The molecule has 0 saturated carbocycles. The van der Waals surface area contributed by atoms with Crippen LogP contribution in [-0.2, 0) is 14.8 Å². The summed E-state index contributed by atoms with van der Waals surface area (Å²) in [5.74, 6) is 0.254. The lowest BCUT2D eigenvalue weighted by Gasteiger charge is -2.32. The molecule has 0 bridgehead atoms. The number of amides is 1. The monoisotopic (exact) mass is 472 g/mol. The highest BCUT2D eigenvalue weighted by Crippen LogP contribution is 2.29. The number of halogens is 1. The normalized spacial score (nSPS) is 16.0. The van der Waals surface area contributed by atoms with Crippen LogP contribution in [0.15, 0.2) is 57.9 Å². The van der Waals surface area contributed by atoms with E-state index >= 15 is 0 Å². The zero-order valence-corrected chi connectivity index (χ0v) is 19.2. The third kappa shape index (κ3) is 5.28. The van der Waals surface area contributed by atoms with Gasteiger partial charge >= 0.3 is 0 Å². The number of nitrogens with zero attached hydrogens (tertiary/aromatic N) is 3. The maximum Gasteiger partial charge on any atom is 0.241 e. The Kier molecular flexibility index (Phi) is 6.57. The van der Waals surface area contributed by atoms with E-state index in [0.717, 1.165) is 5.56 Å². The van der Waals surface area contributed by atoms with Crippen molar-refractivity contribution in [3.63, 3.8) is 0 Å². The molecule has 1 aliphatic heterocycles. The predicted molar refractivity (Wildman–Crippen MR) is 119 cm³/mol. The maximum atomic E-state index is 13.1. The minimum absolute atomic E-state index is 0.00435. The highest BCUT2D eigenvalue weighted by atomic mass is 32.2. The Labute approximate surface area is 191 Å². The van der Waals surface area contributed by atoms with Crippen molar-refractivity contribution in [2.75, 3.05) is 13.1 Å². The van der Waals surface area contributed by atoms with Crippen molar-refractivity contribution in [1.82, 2.24) is 19.8 Å². The molecule has 1 aromatic heterocycles. The summed E-state index contributed by atoms with van der Waals surface area (Å²) in [4.78, 5) is 19.0. The topological polar surface area (TPSA) is 105 Å². The van der Waals surface area contributed by atoms with Gasteiger partial charge in [-0.15, -0.1) is 0 Å². The number of hydrogen-bond donors (Lipinski definition) is 1. The van der Waals surface area contributed by atoms with Gasteiger partial charge in [-0.25, -0.2) is 12.8 Å². The fourth-order valence-corrected chi connectivity index (χ4v) is 5.00. The van der Waals surface area contributed by atoms with E-state index in [1.165, 1.54) is 24.3 Å². The van der Waals surface area contributed by atoms with Gasteiger partial charge in [-0.3, -0.25) is 4.79 Å². The third-order valence-corrected chi connectivity index (χ3v) is 7.29. The number of benzene rings is 2. The number of likely N-dealkylation sites (tertiary alicyclic amines) is 1. The van der Waals surface area contributed by atoms with Crippen molar-refractivity contribution in [3.05, 3.63) is 65.8 Å². The molecule has 8 nitrogen and oxygen atoms in total. The van der Waals surface area contributed by atoms with Crippen LogP contribution in [0.1, 0.15) is 37.1 Å². The molecule has 33 heavy (non-hydrogen) atoms.